The minimum absolute atomic E-state index is 0.0476. The van der Waals surface area contributed by atoms with E-state index in [-0.39, 0.29) is 17.6 Å². The summed E-state index contributed by atoms with van der Waals surface area (Å²) in [5.41, 5.74) is 1.53. The quantitative estimate of drug-likeness (QED) is 0.634. The number of hydrogen-bond acceptors (Lipinski definition) is 4. The topological polar surface area (TPSA) is 95.8 Å². The molecule has 0 bridgehead atoms. The van der Waals surface area contributed by atoms with Crippen LogP contribution in [0.15, 0.2) is 54.6 Å². The second-order valence-electron chi connectivity index (χ2n) is 6.55. The van der Waals surface area contributed by atoms with Gasteiger partial charge in [-0.1, -0.05) is 30.3 Å². The molecule has 1 heterocycles. The highest BCUT2D eigenvalue weighted by molar-refractivity contribution is 5.94. The number of nitrogens with zero attached hydrogens (tertiary/aromatic N) is 3. The van der Waals surface area contributed by atoms with Crippen molar-refractivity contribution >= 4 is 17.6 Å². The van der Waals surface area contributed by atoms with E-state index in [1.807, 2.05) is 30.3 Å². The van der Waals surface area contributed by atoms with Crippen molar-refractivity contribution in [2.45, 2.75) is 6.42 Å². The Bertz CT molecular complexity index is 831. The molecule has 0 atom stereocenters. The molecule has 146 valence electrons. The SMILES string of the molecule is O=C(NCCc1ccccc1)N1CCN(C(=O)c2ccc([N+](=O)[O-])cc2)CC1. The van der Waals surface area contributed by atoms with E-state index in [9.17, 15) is 19.7 Å². The fourth-order valence-corrected chi connectivity index (χ4v) is 3.09. The summed E-state index contributed by atoms with van der Waals surface area (Å²) in [4.78, 5) is 38.4. The number of benzene rings is 2. The molecule has 0 radical (unpaired) electrons. The minimum atomic E-state index is -0.497. The zero-order valence-electron chi connectivity index (χ0n) is 15.4. The van der Waals surface area contributed by atoms with E-state index in [4.69, 9.17) is 0 Å². The van der Waals surface area contributed by atoms with Gasteiger partial charge in [-0.2, -0.15) is 0 Å². The molecule has 3 rings (SSSR count). The molecule has 0 saturated carbocycles. The molecule has 1 aliphatic heterocycles. The summed E-state index contributed by atoms with van der Waals surface area (Å²) in [6, 6.07) is 15.4. The van der Waals surface area contributed by atoms with Gasteiger partial charge in [0, 0.05) is 50.4 Å². The zero-order chi connectivity index (χ0) is 19.9. The minimum Gasteiger partial charge on any atom is -0.338 e. The first kappa shape index (κ1) is 19.3. The van der Waals surface area contributed by atoms with Crippen molar-refractivity contribution in [2.75, 3.05) is 32.7 Å². The number of urea groups is 1. The Hall–Kier alpha value is -3.42. The summed E-state index contributed by atoms with van der Waals surface area (Å²) in [5.74, 6) is -0.181. The van der Waals surface area contributed by atoms with Crippen LogP contribution in [0.3, 0.4) is 0 Å². The Morgan fingerprint density at radius 3 is 2.14 bits per heavy atom. The first-order valence-electron chi connectivity index (χ1n) is 9.15. The van der Waals surface area contributed by atoms with E-state index in [0.717, 1.165) is 6.42 Å². The predicted octanol–water partition coefficient (Wildman–Crippen LogP) is 2.30. The number of carbonyl (C=O) groups excluding carboxylic acids is 2. The van der Waals surface area contributed by atoms with E-state index in [2.05, 4.69) is 5.32 Å². The molecule has 0 spiro atoms. The molecule has 0 aliphatic carbocycles. The molecule has 2 aromatic rings. The summed E-state index contributed by atoms with van der Waals surface area (Å²) in [6.45, 7) is 2.33. The van der Waals surface area contributed by atoms with Crippen molar-refractivity contribution in [1.82, 2.24) is 15.1 Å². The second-order valence-corrected chi connectivity index (χ2v) is 6.55. The predicted molar refractivity (Wildman–Crippen MR) is 104 cm³/mol. The standard InChI is InChI=1S/C20H22N4O4/c25-19(17-6-8-18(9-7-17)24(27)28)22-12-14-23(15-13-22)20(26)21-11-10-16-4-2-1-3-5-16/h1-9H,10-15H2,(H,21,26). The molecule has 1 saturated heterocycles. The fraction of sp³-hybridized carbons (Fsp3) is 0.300. The molecular weight excluding hydrogens is 360 g/mol. The average molecular weight is 382 g/mol. The van der Waals surface area contributed by atoms with Gasteiger partial charge < -0.3 is 15.1 Å². The van der Waals surface area contributed by atoms with Gasteiger partial charge in [-0.3, -0.25) is 14.9 Å². The largest absolute Gasteiger partial charge is 0.338 e. The third kappa shape index (κ3) is 4.85. The van der Waals surface area contributed by atoms with Crippen LogP contribution in [0.1, 0.15) is 15.9 Å². The van der Waals surface area contributed by atoms with Gasteiger partial charge in [-0.15, -0.1) is 0 Å². The normalized spacial score (nSPS) is 13.9. The lowest BCUT2D eigenvalue weighted by Gasteiger charge is -2.34. The van der Waals surface area contributed by atoms with E-state index < -0.39 is 4.92 Å². The highest BCUT2D eigenvalue weighted by Crippen LogP contribution is 2.14. The lowest BCUT2D eigenvalue weighted by atomic mass is 10.1. The molecule has 8 heteroatoms. The summed E-state index contributed by atoms with van der Waals surface area (Å²) < 4.78 is 0. The average Bonchev–Trinajstić information content (AvgIpc) is 2.74. The Morgan fingerprint density at radius 1 is 0.929 bits per heavy atom. The van der Waals surface area contributed by atoms with Crippen LogP contribution in [0.25, 0.3) is 0 Å². The van der Waals surface area contributed by atoms with Gasteiger partial charge in [-0.25, -0.2) is 4.79 Å². The molecule has 0 aromatic heterocycles. The molecule has 0 unspecified atom stereocenters. The number of nitrogens with one attached hydrogen (secondary N) is 1. The Morgan fingerprint density at radius 2 is 1.54 bits per heavy atom. The number of rotatable bonds is 5. The Balaban J connectivity index is 1.45. The first-order chi connectivity index (χ1) is 13.5. The van der Waals surface area contributed by atoms with Crippen molar-refractivity contribution in [3.63, 3.8) is 0 Å². The van der Waals surface area contributed by atoms with Gasteiger partial charge in [0.25, 0.3) is 11.6 Å². The van der Waals surface area contributed by atoms with E-state index in [0.29, 0.717) is 38.3 Å². The maximum atomic E-state index is 12.5. The van der Waals surface area contributed by atoms with Crippen molar-refractivity contribution < 1.29 is 14.5 Å². The number of nitro benzene ring substituents is 1. The van der Waals surface area contributed by atoms with E-state index in [1.54, 1.807) is 9.80 Å². The smallest absolute Gasteiger partial charge is 0.317 e. The van der Waals surface area contributed by atoms with Gasteiger partial charge in [0.2, 0.25) is 0 Å². The van der Waals surface area contributed by atoms with Crippen molar-refractivity contribution in [2.24, 2.45) is 0 Å². The van der Waals surface area contributed by atoms with Crippen LogP contribution in [0.5, 0.6) is 0 Å². The lowest BCUT2D eigenvalue weighted by molar-refractivity contribution is -0.384. The van der Waals surface area contributed by atoms with Crippen molar-refractivity contribution in [1.29, 1.82) is 0 Å². The van der Waals surface area contributed by atoms with Crippen LogP contribution in [0.4, 0.5) is 10.5 Å². The fourth-order valence-electron chi connectivity index (χ4n) is 3.09. The zero-order valence-corrected chi connectivity index (χ0v) is 15.4. The molecule has 1 fully saturated rings. The number of non-ortho nitro benzene ring substituents is 1. The van der Waals surface area contributed by atoms with Gasteiger partial charge in [0.05, 0.1) is 4.92 Å². The monoisotopic (exact) mass is 382 g/mol. The number of hydrogen-bond donors (Lipinski definition) is 1. The molecule has 1 aliphatic rings. The third-order valence-corrected chi connectivity index (χ3v) is 4.71. The van der Waals surface area contributed by atoms with Crippen LogP contribution in [0, 0.1) is 10.1 Å². The van der Waals surface area contributed by atoms with Gasteiger partial charge in [0.1, 0.15) is 0 Å². The van der Waals surface area contributed by atoms with Gasteiger partial charge >= 0.3 is 6.03 Å². The molecule has 3 amide bonds. The number of carbonyl (C=O) groups is 2. The lowest BCUT2D eigenvalue weighted by Crippen LogP contribution is -2.53. The first-order valence-corrected chi connectivity index (χ1v) is 9.15. The van der Waals surface area contributed by atoms with Crippen LogP contribution in [-0.2, 0) is 6.42 Å². The van der Waals surface area contributed by atoms with Crippen molar-refractivity contribution in [3.05, 3.63) is 75.8 Å². The van der Waals surface area contributed by atoms with E-state index >= 15 is 0 Å². The Labute approximate surface area is 162 Å². The summed E-state index contributed by atoms with van der Waals surface area (Å²) in [6.07, 6.45) is 0.769. The highest BCUT2D eigenvalue weighted by atomic mass is 16.6. The highest BCUT2D eigenvalue weighted by Gasteiger charge is 2.25. The molecule has 1 N–H and O–H groups in total. The number of nitro groups is 1. The van der Waals surface area contributed by atoms with Crippen LogP contribution in [0.2, 0.25) is 0 Å². The maximum absolute atomic E-state index is 12.5. The molecule has 8 nitrogen and oxygen atoms in total. The molecular formula is C20H22N4O4. The van der Waals surface area contributed by atoms with Gasteiger partial charge in [-0.05, 0) is 24.1 Å². The number of piperazine rings is 1. The van der Waals surface area contributed by atoms with Crippen LogP contribution >= 0.6 is 0 Å². The summed E-state index contributed by atoms with van der Waals surface area (Å²) >= 11 is 0. The maximum Gasteiger partial charge on any atom is 0.317 e. The molecule has 2 aromatic carbocycles. The van der Waals surface area contributed by atoms with Crippen LogP contribution < -0.4 is 5.32 Å². The van der Waals surface area contributed by atoms with Crippen LogP contribution in [-0.4, -0.2) is 59.4 Å². The molecule has 28 heavy (non-hydrogen) atoms. The second kappa shape index (κ2) is 8.98. The van der Waals surface area contributed by atoms with Gasteiger partial charge in [0.15, 0.2) is 0 Å². The summed E-state index contributed by atoms with van der Waals surface area (Å²) in [7, 11) is 0. The number of amides is 3. The third-order valence-electron chi connectivity index (χ3n) is 4.71. The summed E-state index contributed by atoms with van der Waals surface area (Å²) in [5, 5.41) is 13.6. The van der Waals surface area contributed by atoms with Crippen molar-refractivity contribution in [3.8, 4) is 0 Å². The van der Waals surface area contributed by atoms with E-state index in [1.165, 1.54) is 29.8 Å². The Kier molecular flexibility index (Phi) is 6.21.